The van der Waals surface area contributed by atoms with Crippen molar-refractivity contribution in [1.82, 2.24) is 5.32 Å². The molecule has 1 heterocycles. The van der Waals surface area contributed by atoms with Gasteiger partial charge in [-0.15, -0.1) is 0 Å². The highest BCUT2D eigenvalue weighted by molar-refractivity contribution is 7.90. The number of amides is 1. The molecular weight excluding hydrogens is 263 g/mol. The van der Waals surface area contributed by atoms with Crippen molar-refractivity contribution in [2.75, 3.05) is 12.9 Å². The lowest BCUT2D eigenvalue weighted by Crippen LogP contribution is -2.29. The van der Waals surface area contributed by atoms with Gasteiger partial charge >= 0.3 is 6.09 Å². The van der Waals surface area contributed by atoms with Crippen molar-refractivity contribution in [2.45, 2.75) is 17.0 Å². The number of hydrogen-bond acceptors (Lipinski definition) is 4. The van der Waals surface area contributed by atoms with Crippen LogP contribution in [0.2, 0.25) is 0 Å². The van der Waals surface area contributed by atoms with Crippen LogP contribution in [-0.4, -0.2) is 33.5 Å². The summed E-state index contributed by atoms with van der Waals surface area (Å²) in [4.78, 5) is 11.2. The molecule has 1 aliphatic rings. The largest absolute Gasteiger partial charge is 0.439 e. The summed E-state index contributed by atoms with van der Waals surface area (Å²) in [6, 6.07) is 5.12. The van der Waals surface area contributed by atoms with Gasteiger partial charge in [0.05, 0.1) is 4.90 Å². The van der Waals surface area contributed by atoms with Gasteiger partial charge in [0.2, 0.25) is 0 Å². The molecule has 5 nitrogen and oxygen atoms in total. The monoisotopic (exact) mass is 275 g/mol. The second-order valence-corrected chi connectivity index (χ2v) is 6.09. The minimum Gasteiger partial charge on any atom is -0.439 e. The minimum absolute atomic E-state index is 0.167. The third-order valence-electron chi connectivity index (χ3n) is 2.71. The van der Waals surface area contributed by atoms with Gasteiger partial charge < -0.3 is 10.1 Å². The van der Waals surface area contributed by atoms with Gasteiger partial charge in [0.15, 0.2) is 15.9 Å². The number of halogens is 1. The SMILES string of the molecule is [14CH3]S(=O)(=O)c1ccc([C@H]2OC(=O)N[C@@H]2CF)cc1. The van der Waals surface area contributed by atoms with Crippen LogP contribution in [-0.2, 0) is 14.6 Å². The summed E-state index contributed by atoms with van der Waals surface area (Å²) in [6.45, 7) is -0.746. The maximum absolute atomic E-state index is 12.7. The minimum atomic E-state index is -3.27. The molecule has 1 N–H and O–H groups in total. The van der Waals surface area contributed by atoms with Crippen LogP contribution < -0.4 is 5.32 Å². The first-order valence-corrected chi connectivity index (χ1v) is 7.14. The van der Waals surface area contributed by atoms with E-state index in [1.807, 2.05) is 0 Å². The topological polar surface area (TPSA) is 72.5 Å². The Labute approximate surface area is 104 Å². The zero-order valence-electron chi connectivity index (χ0n) is 9.59. The Kier molecular flexibility index (Phi) is 3.25. The van der Waals surface area contributed by atoms with Crippen LogP contribution in [0.4, 0.5) is 9.18 Å². The quantitative estimate of drug-likeness (QED) is 0.900. The van der Waals surface area contributed by atoms with E-state index >= 15 is 0 Å². The Morgan fingerprint density at radius 3 is 2.44 bits per heavy atom. The molecular formula is C11H12FNO4S. The number of nitrogens with one attached hydrogen (secondary N) is 1. The second-order valence-electron chi connectivity index (χ2n) is 4.07. The maximum Gasteiger partial charge on any atom is 0.408 e. The third-order valence-corrected chi connectivity index (χ3v) is 3.83. The predicted octanol–water partition coefficient (Wildman–Crippen LogP) is 1.21. The number of sulfone groups is 1. The fourth-order valence-electron chi connectivity index (χ4n) is 1.78. The second kappa shape index (κ2) is 4.56. The smallest absolute Gasteiger partial charge is 0.408 e. The molecule has 1 aromatic carbocycles. The first-order valence-electron chi connectivity index (χ1n) is 5.25. The van der Waals surface area contributed by atoms with Crippen LogP contribution in [0.15, 0.2) is 29.2 Å². The van der Waals surface area contributed by atoms with Crippen molar-refractivity contribution in [3.63, 3.8) is 0 Å². The maximum atomic E-state index is 12.7. The van der Waals surface area contributed by atoms with Crippen molar-refractivity contribution < 1.29 is 22.3 Å². The number of alkyl carbamates (subject to hydrolysis) is 1. The number of alkyl halides is 1. The summed E-state index contributed by atoms with van der Waals surface area (Å²) in [6.07, 6.45) is -0.297. The zero-order valence-corrected chi connectivity index (χ0v) is 10.4. The molecule has 1 fully saturated rings. The Hall–Kier alpha value is -1.63. The highest BCUT2D eigenvalue weighted by Crippen LogP contribution is 2.27. The molecule has 0 aromatic heterocycles. The molecule has 98 valence electrons. The van der Waals surface area contributed by atoms with Crippen LogP contribution in [0.3, 0.4) is 0 Å². The molecule has 0 aliphatic carbocycles. The highest BCUT2D eigenvalue weighted by atomic mass is 32.2. The van der Waals surface area contributed by atoms with E-state index in [0.717, 1.165) is 6.26 Å². The zero-order chi connectivity index (χ0) is 13.3. The van der Waals surface area contributed by atoms with Gasteiger partial charge in [-0.1, -0.05) is 12.1 Å². The van der Waals surface area contributed by atoms with Gasteiger partial charge in [0.1, 0.15) is 12.7 Å². The molecule has 0 unspecified atom stereocenters. The van der Waals surface area contributed by atoms with Crippen LogP contribution in [0.1, 0.15) is 11.7 Å². The van der Waals surface area contributed by atoms with Crippen LogP contribution >= 0.6 is 0 Å². The van der Waals surface area contributed by atoms with Crippen molar-refractivity contribution in [3.05, 3.63) is 29.8 Å². The number of ether oxygens (including phenoxy) is 1. The average molecular weight is 275 g/mol. The summed E-state index contributed by atoms with van der Waals surface area (Å²) in [7, 11) is -3.27. The molecule has 7 heteroatoms. The van der Waals surface area contributed by atoms with E-state index in [1.165, 1.54) is 24.3 Å². The van der Waals surface area contributed by atoms with E-state index in [1.54, 1.807) is 0 Å². The Morgan fingerprint density at radius 2 is 1.94 bits per heavy atom. The average Bonchev–Trinajstić information content (AvgIpc) is 2.69. The van der Waals surface area contributed by atoms with Gasteiger partial charge in [0.25, 0.3) is 0 Å². The lowest BCUT2D eigenvalue weighted by atomic mass is 10.0. The van der Waals surface area contributed by atoms with Crippen molar-refractivity contribution >= 4 is 15.9 Å². The molecule has 2 atom stereocenters. The van der Waals surface area contributed by atoms with E-state index in [2.05, 4.69) is 5.32 Å². The van der Waals surface area contributed by atoms with E-state index in [0.29, 0.717) is 5.56 Å². The Balaban J connectivity index is 2.27. The molecule has 1 aliphatic heterocycles. The first kappa shape index (κ1) is 12.8. The third kappa shape index (κ3) is 2.45. The van der Waals surface area contributed by atoms with Crippen LogP contribution in [0, 0.1) is 0 Å². The van der Waals surface area contributed by atoms with E-state index in [4.69, 9.17) is 4.74 Å². The number of hydrogen-bond donors (Lipinski definition) is 1. The number of rotatable bonds is 3. The molecule has 1 amide bonds. The highest BCUT2D eigenvalue weighted by Gasteiger charge is 2.35. The van der Waals surface area contributed by atoms with E-state index in [-0.39, 0.29) is 4.90 Å². The summed E-state index contributed by atoms with van der Waals surface area (Å²) in [5.74, 6) is 0. The molecule has 0 spiro atoms. The van der Waals surface area contributed by atoms with Crippen molar-refractivity contribution in [1.29, 1.82) is 0 Å². The lowest BCUT2D eigenvalue weighted by Gasteiger charge is -2.14. The van der Waals surface area contributed by atoms with Crippen LogP contribution in [0.25, 0.3) is 0 Å². The summed E-state index contributed by atoms with van der Waals surface area (Å²) in [5.41, 5.74) is 0.559. The predicted molar refractivity (Wildman–Crippen MR) is 61.7 cm³/mol. The van der Waals surface area contributed by atoms with Crippen molar-refractivity contribution in [2.24, 2.45) is 0 Å². The van der Waals surface area contributed by atoms with Gasteiger partial charge in [-0.3, -0.25) is 0 Å². The summed E-state index contributed by atoms with van der Waals surface area (Å²) in [5, 5.41) is 2.34. The first-order chi connectivity index (χ1) is 8.41. The number of benzene rings is 1. The normalized spacial score (nSPS) is 23.6. The summed E-state index contributed by atoms with van der Waals surface area (Å²) >= 11 is 0. The van der Waals surface area contributed by atoms with Gasteiger partial charge in [0, 0.05) is 6.26 Å². The molecule has 2 rings (SSSR count). The summed E-state index contributed by atoms with van der Waals surface area (Å²) < 4.78 is 40.2. The molecule has 0 bridgehead atoms. The van der Waals surface area contributed by atoms with Crippen molar-refractivity contribution in [3.8, 4) is 0 Å². The van der Waals surface area contributed by atoms with E-state index < -0.39 is 34.8 Å². The van der Waals surface area contributed by atoms with Crippen LogP contribution in [0.5, 0.6) is 0 Å². The number of cyclic esters (lactones) is 1. The van der Waals surface area contributed by atoms with E-state index in [9.17, 15) is 17.6 Å². The molecule has 0 saturated carbocycles. The Bertz CT molecular complexity index is 555. The van der Waals surface area contributed by atoms with Gasteiger partial charge in [-0.25, -0.2) is 17.6 Å². The standard InChI is InChI=1S/C11H12FNO4S/c1-18(15,16)8-4-2-7(3-5-8)10-9(6-12)13-11(14)17-10/h2-5,9-10H,6H2,1H3,(H,13,14)/t9-,10-/m1/s1/i1+2. The molecule has 1 aromatic rings. The molecule has 0 radical (unpaired) electrons. The molecule has 18 heavy (non-hydrogen) atoms. The molecule has 1 saturated heterocycles. The van der Waals surface area contributed by atoms with Gasteiger partial charge in [-0.05, 0) is 17.7 Å². The Morgan fingerprint density at radius 1 is 1.33 bits per heavy atom. The number of carbonyl (C=O) groups is 1. The lowest BCUT2D eigenvalue weighted by molar-refractivity contribution is 0.128. The number of carbonyl (C=O) groups excluding carboxylic acids is 1. The van der Waals surface area contributed by atoms with Gasteiger partial charge in [-0.2, -0.15) is 0 Å². The fourth-order valence-corrected chi connectivity index (χ4v) is 2.41. The fraction of sp³-hybridized carbons (Fsp3) is 0.364.